The second kappa shape index (κ2) is 9.47. The summed E-state index contributed by atoms with van der Waals surface area (Å²) in [5.41, 5.74) is 2.45. The zero-order valence-electron chi connectivity index (χ0n) is 17.8. The summed E-state index contributed by atoms with van der Waals surface area (Å²) >= 11 is 1.86. The molecule has 1 fully saturated rings. The van der Waals surface area contributed by atoms with Crippen molar-refractivity contribution in [2.24, 2.45) is 0 Å². The van der Waals surface area contributed by atoms with E-state index in [2.05, 4.69) is 58.7 Å². The van der Waals surface area contributed by atoms with E-state index in [1.54, 1.807) is 0 Å². The van der Waals surface area contributed by atoms with Crippen molar-refractivity contribution in [3.8, 4) is 11.5 Å². The third kappa shape index (κ3) is 4.94. The van der Waals surface area contributed by atoms with E-state index in [1.807, 2.05) is 18.3 Å². The Morgan fingerprint density at radius 3 is 2.83 bits per heavy atom. The molecule has 3 heterocycles. The Morgan fingerprint density at radius 1 is 1.28 bits per heavy atom. The first-order valence-electron chi connectivity index (χ1n) is 10.8. The third-order valence-corrected chi connectivity index (χ3v) is 6.86. The van der Waals surface area contributed by atoms with Crippen LogP contribution in [0.5, 0.6) is 11.5 Å². The summed E-state index contributed by atoms with van der Waals surface area (Å²) in [4.78, 5) is 6.48. The minimum Gasteiger partial charge on any atom is -0.494 e. The number of fused-ring (bicyclic) bond motifs is 1. The lowest BCUT2D eigenvalue weighted by molar-refractivity contribution is 0.111. The summed E-state index contributed by atoms with van der Waals surface area (Å²) in [6.07, 6.45) is 1.22. The molecule has 0 amide bonds. The van der Waals surface area contributed by atoms with Gasteiger partial charge in [0, 0.05) is 61.7 Å². The van der Waals surface area contributed by atoms with E-state index in [-0.39, 0.29) is 6.10 Å². The molecular formula is C23H33N3O2S. The molecule has 0 unspecified atom stereocenters. The number of hydrogen-bond donors (Lipinski definition) is 1. The van der Waals surface area contributed by atoms with Crippen LogP contribution in [0.25, 0.3) is 0 Å². The average molecular weight is 416 g/mol. The summed E-state index contributed by atoms with van der Waals surface area (Å²) in [7, 11) is 2.21. The molecule has 1 saturated heterocycles. The number of thiophene rings is 1. The average Bonchev–Trinajstić information content (AvgIpc) is 3.35. The quantitative estimate of drug-likeness (QED) is 0.714. The Bertz CT molecular complexity index is 788. The van der Waals surface area contributed by atoms with Gasteiger partial charge in [-0.3, -0.25) is 4.90 Å². The fraction of sp³-hybridized carbons (Fsp3) is 0.565. The molecule has 158 valence electrons. The lowest BCUT2D eigenvalue weighted by Crippen LogP contribution is -2.47. The van der Waals surface area contributed by atoms with Gasteiger partial charge in [-0.15, -0.1) is 11.3 Å². The van der Waals surface area contributed by atoms with Crippen molar-refractivity contribution in [2.45, 2.75) is 39.0 Å². The Kier molecular flexibility index (Phi) is 6.75. The predicted octanol–water partition coefficient (Wildman–Crippen LogP) is 3.55. The first-order chi connectivity index (χ1) is 14.1. The molecule has 2 aliphatic rings. The molecule has 2 aliphatic heterocycles. The third-order valence-electron chi connectivity index (χ3n) is 5.88. The molecule has 0 aliphatic carbocycles. The highest BCUT2D eigenvalue weighted by Gasteiger charge is 2.25. The summed E-state index contributed by atoms with van der Waals surface area (Å²) in [5.74, 6) is 2.01. The van der Waals surface area contributed by atoms with E-state index >= 15 is 0 Å². The highest BCUT2D eigenvalue weighted by molar-refractivity contribution is 7.10. The molecule has 0 bridgehead atoms. The maximum Gasteiger partial charge on any atom is 0.124 e. The fourth-order valence-electron chi connectivity index (χ4n) is 4.28. The number of rotatable bonds is 8. The van der Waals surface area contributed by atoms with Gasteiger partial charge in [0.05, 0.1) is 12.6 Å². The van der Waals surface area contributed by atoms with Crippen LogP contribution in [0, 0.1) is 0 Å². The summed E-state index contributed by atoms with van der Waals surface area (Å²) in [6.45, 7) is 11.1. The molecule has 6 heteroatoms. The monoisotopic (exact) mass is 415 g/mol. The van der Waals surface area contributed by atoms with Crippen LogP contribution in [0.4, 0.5) is 0 Å². The van der Waals surface area contributed by atoms with Crippen molar-refractivity contribution >= 4 is 11.3 Å². The van der Waals surface area contributed by atoms with Crippen molar-refractivity contribution in [3.05, 3.63) is 45.6 Å². The lowest BCUT2D eigenvalue weighted by atomic mass is 10.1. The number of hydrogen-bond acceptors (Lipinski definition) is 6. The summed E-state index contributed by atoms with van der Waals surface area (Å²) < 4.78 is 11.9. The molecule has 4 rings (SSSR count). The van der Waals surface area contributed by atoms with Crippen molar-refractivity contribution in [1.29, 1.82) is 0 Å². The first kappa shape index (κ1) is 20.7. The van der Waals surface area contributed by atoms with Gasteiger partial charge in [0.25, 0.3) is 0 Å². The Labute approximate surface area is 178 Å². The van der Waals surface area contributed by atoms with E-state index in [1.165, 1.54) is 16.0 Å². The van der Waals surface area contributed by atoms with E-state index in [4.69, 9.17) is 9.47 Å². The van der Waals surface area contributed by atoms with Gasteiger partial charge in [-0.25, -0.2) is 0 Å². The first-order valence-corrected chi connectivity index (χ1v) is 11.6. The molecule has 2 atom stereocenters. The number of piperazine rings is 1. The van der Waals surface area contributed by atoms with Crippen LogP contribution >= 0.6 is 11.3 Å². The van der Waals surface area contributed by atoms with Gasteiger partial charge in [-0.05, 0) is 44.5 Å². The van der Waals surface area contributed by atoms with E-state index in [9.17, 15) is 0 Å². The van der Waals surface area contributed by atoms with Gasteiger partial charge in [-0.2, -0.15) is 0 Å². The van der Waals surface area contributed by atoms with Gasteiger partial charge in [0.1, 0.15) is 17.6 Å². The van der Waals surface area contributed by atoms with E-state index < -0.39 is 0 Å². The molecule has 2 aromatic rings. The number of benzene rings is 1. The second-order valence-electron chi connectivity index (χ2n) is 8.13. The molecule has 0 saturated carbocycles. The zero-order valence-corrected chi connectivity index (χ0v) is 18.6. The van der Waals surface area contributed by atoms with Gasteiger partial charge in [0.15, 0.2) is 0 Å². The van der Waals surface area contributed by atoms with Crippen LogP contribution in [0.1, 0.15) is 35.9 Å². The van der Waals surface area contributed by atoms with E-state index in [0.29, 0.717) is 12.6 Å². The van der Waals surface area contributed by atoms with Crippen LogP contribution in [-0.2, 0) is 13.0 Å². The van der Waals surface area contributed by atoms with Crippen LogP contribution in [-0.4, -0.2) is 62.3 Å². The Hall–Kier alpha value is -1.60. The number of ether oxygens (including phenoxy) is 2. The normalized spacial score (nSPS) is 21.0. The largest absolute Gasteiger partial charge is 0.494 e. The van der Waals surface area contributed by atoms with Crippen LogP contribution in [0.2, 0.25) is 0 Å². The van der Waals surface area contributed by atoms with Gasteiger partial charge in [-0.1, -0.05) is 6.07 Å². The maximum atomic E-state index is 5.98. The van der Waals surface area contributed by atoms with Crippen LogP contribution < -0.4 is 14.8 Å². The topological polar surface area (TPSA) is 37.0 Å². The predicted molar refractivity (Wildman–Crippen MR) is 119 cm³/mol. The maximum absolute atomic E-state index is 5.98. The van der Waals surface area contributed by atoms with Crippen LogP contribution in [0.3, 0.4) is 0 Å². The Balaban J connectivity index is 1.44. The molecule has 0 spiro atoms. The van der Waals surface area contributed by atoms with E-state index in [0.717, 1.165) is 57.2 Å². The Morgan fingerprint density at radius 2 is 2.10 bits per heavy atom. The molecule has 5 nitrogen and oxygen atoms in total. The number of likely N-dealkylation sites (N-methyl/N-ethyl adjacent to an activating group) is 1. The second-order valence-corrected chi connectivity index (χ2v) is 9.11. The van der Waals surface area contributed by atoms with Gasteiger partial charge in [0.2, 0.25) is 0 Å². The lowest BCUT2D eigenvalue weighted by Gasteiger charge is -2.37. The van der Waals surface area contributed by atoms with Crippen molar-refractivity contribution < 1.29 is 9.47 Å². The molecule has 29 heavy (non-hydrogen) atoms. The number of nitrogens with one attached hydrogen (secondary N) is 1. The molecule has 1 aromatic carbocycles. The smallest absolute Gasteiger partial charge is 0.124 e. The van der Waals surface area contributed by atoms with Gasteiger partial charge >= 0.3 is 0 Å². The van der Waals surface area contributed by atoms with Crippen molar-refractivity contribution in [1.82, 2.24) is 15.1 Å². The molecule has 0 radical (unpaired) electrons. The summed E-state index contributed by atoms with van der Waals surface area (Å²) in [6, 6.07) is 9.20. The van der Waals surface area contributed by atoms with Crippen LogP contribution in [0.15, 0.2) is 29.6 Å². The standard InChI is InChI=1S/C23H33N3O2S/c1-4-27-21-13-18-12-17(2)28-22(18)14-19(21)15-24-16-20(23-6-5-11-29-23)26-9-7-25(3)8-10-26/h5-6,11,13-14,17,20,24H,4,7-10,12,15-16H2,1-3H3/t17-,20+/m1/s1. The van der Waals surface area contributed by atoms with Crippen molar-refractivity contribution in [2.75, 3.05) is 46.4 Å². The van der Waals surface area contributed by atoms with Gasteiger partial charge < -0.3 is 19.7 Å². The summed E-state index contributed by atoms with van der Waals surface area (Å²) in [5, 5.41) is 5.90. The molecular weight excluding hydrogens is 382 g/mol. The fourth-order valence-corrected chi connectivity index (χ4v) is 5.14. The number of nitrogens with zero attached hydrogens (tertiary/aromatic N) is 2. The highest BCUT2D eigenvalue weighted by atomic mass is 32.1. The highest BCUT2D eigenvalue weighted by Crippen LogP contribution is 2.35. The molecule has 1 N–H and O–H groups in total. The zero-order chi connectivity index (χ0) is 20.2. The molecule has 1 aromatic heterocycles. The SMILES string of the molecule is CCOc1cc2c(cc1CNC[C@@H](c1cccs1)N1CCN(C)CC1)O[C@H](C)C2. The minimum atomic E-state index is 0.253. The minimum absolute atomic E-state index is 0.253. The van der Waals surface area contributed by atoms with Crippen molar-refractivity contribution in [3.63, 3.8) is 0 Å².